The Balaban J connectivity index is 1.60. The van der Waals surface area contributed by atoms with Crippen molar-refractivity contribution in [1.82, 2.24) is 29.7 Å². The fourth-order valence-electron chi connectivity index (χ4n) is 3.28. The number of carbonyl (C=O) groups is 1. The van der Waals surface area contributed by atoms with Gasteiger partial charge in [-0.2, -0.15) is 23.4 Å². The normalized spacial score (nSPS) is 11.7. The van der Waals surface area contributed by atoms with E-state index in [-0.39, 0.29) is 35.8 Å². The smallest absolute Gasteiger partial charge is 0.349 e. The van der Waals surface area contributed by atoms with Crippen molar-refractivity contribution >= 4 is 17.2 Å². The van der Waals surface area contributed by atoms with Crippen molar-refractivity contribution in [1.29, 1.82) is 0 Å². The van der Waals surface area contributed by atoms with Gasteiger partial charge in [0, 0.05) is 18.2 Å². The molecule has 0 spiro atoms. The minimum absolute atomic E-state index is 0.0268. The number of hydrogen-bond donors (Lipinski definition) is 1. The monoisotopic (exact) mass is 473 g/mol. The van der Waals surface area contributed by atoms with Crippen molar-refractivity contribution in [2.24, 2.45) is 0 Å². The molecule has 34 heavy (non-hydrogen) atoms. The lowest BCUT2D eigenvalue weighted by molar-refractivity contribution is -0.385. The van der Waals surface area contributed by atoms with Crippen molar-refractivity contribution in [3.05, 3.63) is 75.4 Å². The zero-order valence-electron chi connectivity index (χ0n) is 18.0. The number of nitrogens with zero attached hydrogens (tertiary/aromatic N) is 6. The third-order valence-electron chi connectivity index (χ3n) is 5.21. The van der Waals surface area contributed by atoms with E-state index < -0.39 is 22.7 Å². The van der Waals surface area contributed by atoms with E-state index in [0.29, 0.717) is 10.1 Å². The molecule has 3 heterocycles. The summed E-state index contributed by atoms with van der Waals surface area (Å²) in [6.45, 7) is 3.89. The van der Waals surface area contributed by atoms with Gasteiger partial charge in [-0.3, -0.25) is 19.6 Å². The summed E-state index contributed by atoms with van der Waals surface area (Å²) in [6, 6.07) is 7.31. The third kappa shape index (κ3) is 4.58. The predicted octanol–water partition coefficient (Wildman–Crippen LogP) is 3.57. The van der Waals surface area contributed by atoms with Crippen LogP contribution >= 0.6 is 0 Å². The van der Waals surface area contributed by atoms with Crippen LogP contribution in [0, 0.1) is 24.0 Å². The van der Waals surface area contributed by atoms with Crippen LogP contribution in [0.3, 0.4) is 0 Å². The molecule has 0 aliphatic rings. The first-order valence-corrected chi connectivity index (χ1v) is 10.0. The highest BCUT2D eigenvalue weighted by atomic mass is 19.4. The van der Waals surface area contributed by atoms with Crippen LogP contribution < -0.4 is 5.32 Å². The lowest BCUT2D eigenvalue weighted by atomic mass is 10.0. The summed E-state index contributed by atoms with van der Waals surface area (Å²) in [5, 5.41) is 20.8. The Morgan fingerprint density at radius 3 is 2.59 bits per heavy atom. The highest BCUT2D eigenvalue weighted by molar-refractivity contribution is 5.93. The molecule has 0 saturated heterocycles. The number of fused-ring (bicyclic) bond motifs is 1. The van der Waals surface area contributed by atoms with Gasteiger partial charge in [0.1, 0.15) is 12.4 Å². The van der Waals surface area contributed by atoms with Gasteiger partial charge in [-0.1, -0.05) is 12.1 Å². The number of alkyl halides is 3. The molecule has 1 amide bonds. The Labute approximate surface area is 190 Å². The van der Waals surface area contributed by atoms with E-state index in [0.717, 1.165) is 23.4 Å². The first kappa shape index (κ1) is 22.9. The van der Waals surface area contributed by atoms with Gasteiger partial charge in [0.2, 0.25) is 0 Å². The summed E-state index contributed by atoms with van der Waals surface area (Å²) < 4.78 is 43.2. The number of aromatic nitrogens is 5. The van der Waals surface area contributed by atoms with Crippen LogP contribution in [0.5, 0.6) is 0 Å². The van der Waals surface area contributed by atoms with Gasteiger partial charge in [-0.25, -0.2) is 9.50 Å². The fourth-order valence-corrected chi connectivity index (χ4v) is 3.28. The molecule has 0 radical (unpaired) electrons. The lowest BCUT2D eigenvalue weighted by Crippen LogP contribution is -2.27. The molecule has 0 fully saturated rings. The highest BCUT2D eigenvalue weighted by Gasteiger charge is 2.35. The van der Waals surface area contributed by atoms with Crippen LogP contribution in [0.25, 0.3) is 16.9 Å². The van der Waals surface area contributed by atoms with Gasteiger partial charge in [-0.05, 0) is 37.1 Å². The average molecular weight is 473 g/mol. The molecule has 0 aliphatic carbocycles. The zero-order chi connectivity index (χ0) is 24.6. The van der Waals surface area contributed by atoms with E-state index in [1.807, 2.05) is 13.8 Å². The second kappa shape index (κ2) is 8.57. The Morgan fingerprint density at radius 2 is 1.94 bits per heavy atom. The highest BCUT2D eigenvalue weighted by Crippen LogP contribution is 2.32. The zero-order valence-corrected chi connectivity index (χ0v) is 18.0. The minimum atomic E-state index is -4.73. The fraction of sp³-hybridized carbons (Fsp3) is 0.238. The van der Waals surface area contributed by atoms with Crippen LogP contribution in [0.15, 0.2) is 42.7 Å². The number of aryl methyl sites for hydroxylation is 2. The Hall–Kier alpha value is -4.29. The van der Waals surface area contributed by atoms with Crippen LogP contribution in [-0.2, 0) is 12.7 Å². The largest absolute Gasteiger partial charge is 0.433 e. The SMILES string of the molecule is Cc1ccc(-c2cc(C(F)(F)F)n3nc(C(=O)NCCn4cc([N+](=O)[O-])cn4)cc3n2)cc1C. The molecule has 1 aromatic carbocycles. The van der Waals surface area contributed by atoms with Crippen LogP contribution in [0.4, 0.5) is 18.9 Å². The van der Waals surface area contributed by atoms with E-state index in [4.69, 9.17) is 0 Å². The molecule has 0 unspecified atom stereocenters. The summed E-state index contributed by atoms with van der Waals surface area (Å²) in [7, 11) is 0. The van der Waals surface area contributed by atoms with E-state index >= 15 is 0 Å². The van der Waals surface area contributed by atoms with Crippen LogP contribution in [0.1, 0.15) is 27.3 Å². The summed E-state index contributed by atoms with van der Waals surface area (Å²) in [4.78, 5) is 26.9. The maximum Gasteiger partial charge on any atom is 0.433 e. The quantitative estimate of drug-likeness (QED) is 0.338. The van der Waals surface area contributed by atoms with Gasteiger partial charge in [0.25, 0.3) is 5.91 Å². The predicted molar refractivity (Wildman–Crippen MR) is 114 cm³/mol. The Kier molecular flexibility index (Phi) is 5.77. The standard InChI is InChI=1S/C21H18F3N7O3/c1-12-3-4-14(7-13(12)2)16-8-18(21(22,23)24)30-19(27-16)9-17(28-30)20(32)25-5-6-29-11-15(10-26-29)31(33)34/h3-4,7-11H,5-6H2,1-2H3,(H,25,32). The first-order valence-electron chi connectivity index (χ1n) is 10.0. The molecule has 1 N–H and O–H groups in total. The van der Waals surface area contributed by atoms with Crippen molar-refractivity contribution < 1.29 is 22.9 Å². The van der Waals surface area contributed by atoms with Gasteiger partial charge >= 0.3 is 11.9 Å². The number of hydrogen-bond acceptors (Lipinski definition) is 6. The molecular formula is C21H18F3N7O3. The van der Waals surface area contributed by atoms with Crippen molar-refractivity contribution in [2.75, 3.05) is 6.54 Å². The number of nitro groups is 1. The molecule has 3 aromatic heterocycles. The summed E-state index contributed by atoms with van der Waals surface area (Å²) in [6.07, 6.45) is -2.46. The number of rotatable bonds is 6. The second-order valence-corrected chi connectivity index (χ2v) is 7.60. The van der Waals surface area contributed by atoms with E-state index in [1.165, 1.54) is 16.9 Å². The number of carbonyl (C=O) groups excluding carboxylic acids is 1. The molecule has 13 heteroatoms. The number of nitrogens with one attached hydrogen (secondary N) is 1. The van der Waals surface area contributed by atoms with Gasteiger partial charge < -0.3 is 5.32 Å². The molecule has 4 rings (SSSR count). The van der Waals surface area contributed by atoms with E-state index in [1.54, 1.807) is 18.2 Å². The van der Waals surface area contributed by atoms with Crippen molar-refractivity contribution in [2.45, 2.75) is 26.6 Å². The topological polar surface area (TPSA) is 120 Å². The van der Waals surface area contributed by atoms with Crippen molar-refractivity contribution in [3.63, 3.8) is 0 Å². The molecule has 10 nitrogen and oxygen atoms in total. The Morgan fingerprint density at radius 1 is 1.18 bits per heavy atom. The number of halogens is 3. The second-order valence-electron chi connectivity index (χ2n) is 7.60. The first-order chi connectivity index (χ1) is 16.0. The van der Waals surface area contributed by atoms with Gasteiger partial charge in [0.15, 0.2) is 17.0 Å². The molecular weight excluding hydrogens is 455 g/mol. The molecule has 0 saturated carbocycles. The van der Waals surface area contributed by atoms with Gasteiger partial charge in [-0.15, -0.1) is 0 Å². The van der Waals surface area contributed by atoms with E-state index in [9.17, 15) is 28.1 Å². The molecule has 0 bridgehead atoms. The van der Waals surface area contributed by atoms with Crippen LogP contribution in [0.2, 0.25) is 0 Å². The maximum absolute atomic E-state index is 13.8. The number of benzene rings is 1. The van der Waals surface area contributed by atoms with Crippen LogP contribution in [-0.4, -0.2) is 41.8 Å². The molecule has 4 aromatic rings. The third-order valence-corrected chi connectivity index (χ3v) is 5.21. The molecule has 176 valence electrons. The average Bonchev–Trinajstić information content (AvgIpc) is 3.41. The summed E-state index contributed by atoms with van der Waals surface area (Å²) in [5.74, 6) is -0.715. The van der Waals surface area contributed by atoms with Crippen molar-refractivity contribution in [3.8, 4) is 11.3 Å². The van der Waals surface area contributed by atoms with E-state index in [2.05, 4.69) is 20.5 Å². The minimum Gasteiger partial charge on any atom is -0.349 e. The number of amides is 1. The maximum atomic E-state index is 13.8. The Bertz CT molecular complexity index is 1410. The summed E-state index contributed by atoms with van der Waals surface area (Å²) >= 11 is 0. The molecule has 0 atom stereocenters. The lowest BCUT2D eigenvalue weighted by Gasteiger charge is -2.11. The van der Waals surface area contributed by atoms with Gasteiger partial charge in [0.05, 0.1) is 17.2 Å². The molecule has 0 aliphatic heterocycles. The summed E-state index contributed by atoms with van der Waals surface area (Å²) in [5.41, 5.74) is 0.882.